The molecule has 1 atom stereocenters. The summed E-state index contributed by atoms with van der Waals surface area (Å²) in [6.45, 7) is 5.39. The lowest BCUT2D eigenvalue weighted by atomic mass is 9.95. The molecule has 0 amide bonds. The third-order valence-electron chi connectivity index (χ3n) is 7.81. The fourth-order valence-electron chi connectivity index (χ4n) is 5.40. The van der Waals surface area contributed by atoms with Crippen molar-refractivity contribution in [3.63, 3.8) is 0 Å². The number of carbonyl (C=O) groups excluding carboxylic acids is 2. The van der Waals surface area contributed by atoms with Crippen LogP contribution in [0, 0.1) is 0 Å². The number of ether oxygens (including phenoxy) is 6. The number of rotatable bonds is 14. The van der Waals surface area contributed by atoms with Gasteiger partial charge in [-0.1, -0.05) is 29.5 Å². The highest BCUT2D eigenvalue weighted by Gasteiger charge is 2.34. The maximum absolute atomic E-state index is 14.2. The molecule has 3 aromatic carbocycles. The second kappa shape index (κ2) is 16.7. The fraction of sp³-hybridized carbons (Fsp3) is 0.270. The summed E-state index contributed by atoms with van der Waals surface area (Å²) < 4.78 is 35.6. The summed E-state index contributed by atoms with van der Waals surface area (Å²) in [7, 11) is 2.75. The fourth-order valence-corrected chi connectivity index (χ4v) is 7.02. The number of benzene rings is 3. The van der Waals surface area contributed by atoms with Crippen LogP contribution in [-0.4, -0.2) is 61.6 Å². The predicted octanol–water partition coefficient (Wildman–Crippen LogP) is 4.80. The Hall–Kier alpha value is -5.41. The van der Waals surface area contributed by atoms with Gasteiger partial charge in [0.25, 0.3) is 5.56 Å². The van der Waals surface area contributed by atoms with E-state index in [0.717, 1.165) is 16.9 Å². The molecule has 0 radical (unpaired) electrons. The number of nitrogens with zero attached hydrogens (tertiary/aromatic N) is 2. The van der Waals surface area contributed by atoms with Gasteiger partial charge in [-0.3, -0.25) is 9.36 Å². The molecule has 0 bridgehead atoms. The number of fused-ring (bicyclic) bond motifs is 1. The van der Waals surface area contributed by atoms with Crippen molar-refractivity contribution >= 4 is 51.3 Å². The number of hydrogen-bond acceptors (Lipinski definition) is 12. The molecule has 13 nitrogen and oxygen atoms in total. The highest BCUT2D eigenvalue weighted by Crippen LogP contribution is 2.38. The van der Waals surface area contributed by atoms with Crippen molar-refractivity contribution in [2.45, 2.75) is 33.4 Å². The van der Waals surface area contributed by atoms with Gasteiger partial charge in [0.15, 0.2) is 34.4 Å². The Bertz CT molecular complexity index is 2230. The van der Waals surface area contributed by atoms with Crippen LogP contribution in [0.3, 0.4) is 0 Å². The maximum atomic E-state index is 14.2. The first-order valence-electron chi connectivity index (χ1n) is 16.0. The number of carbonyl (C=O) groups is 3. The molecule has 52 heavy (non-hydrogen) atoms. The SMILES string of the molecule is CCOC(=O)C1=C(C)N=c2s/c(=C\c3cc(Br)c(OCc4ccc(C(=O)O)cc4)c(OC)c3)c(=O)n2[C@@H]1c1ccc(OCC(=O)OC)c(OCC)c1. The summed E-state index contributed by atoms with van der Waals surface area (Å²) in [6, 6.07) is 13.9. The lowest BCUT2D eigenvalue weighted by Gasteiger charge is -2.25. The number of thiazole rings is 1. The number of aromatic nitrogens is 1. The molecule has 0 unspecified atom stereocenters. The molecule has 5 rings (SSSR count). The first-order chi connectivity index (χ1) is 25.0. The lowest BCUT2D eigenvalue weighted by molar-refractivity contribution is -0.143. The van der Waals surface area contributed by atoms with Crippen LogP contribution in [0.15, 0.2) is 80.1 Å². The summed E-state index contributed by atoms with van der Waals surface area (Å²) in [6.07, 6.45) is 1.70. The van der Waals surface area contributed by atoms with Crippen LogP contribution in [0.25, 0.3) is 6.08 Å². The predicted molar refractivity (Wildman–Crippen MR) is 194 cm³/mol. The molecule has 15 heteroatoms. The zero-order chi connectivity index (χ0) is 37.5. The first-order valence-corrected chi connectivity index (χ1v) is 17.6. The highest BCUT2D eigenvalue weighted by atomic mass is 79.9. The van der Waals surface area contributed by atoms with Gasteiger partial charge in [-0.15, -0.1) is 0 Å². The van der Waals surface area contributed by atoms with E-state index >= 15 is 0 Å². The summed E-state index contributed by atoms with van der Waals surface area (Å²) >= 11 is 4.72. The van der Waals surface area contributed by atoms with Crippen LogP contribution in [0.4, 0.5) is 0 Å². The van der Waals surface area contributed by atoms with E-state index in [2.05, 4.69) is 25.7 Å². The molecule has 0 aliphatic carbocycles. The van der Waals surface area contributed by atoms with Gasteiger partial charge in [-0.05, 0) is 95.9 Å². The number of allylic oxidation sites excluding steroid dienone is 1. The molecule has 2 heterocycles. The Morgan fingerprint density at radius 1 is 0.962 bits per heavy atom. The molecule has 0 saturated carbocycles. The number of halogens is 1. The second-order valence-electron chi connectivity index (χ2n) is 11.1. The van der Waals surface area contributed by atoms with E-state index in [-0.39, 0.29) is 43.3 Å². The number of carboxylic acids is 1. The Balaban J connectivity index is 1.56. The molecule has 1 aromatic heterocycles. The van der Waals surface area contributed by atoms with Gasteiger partial charge in [-0.2, -0.15) is 0 Å². The Kier molecular flexibility index (Phi) is 12.2. The van der Waals surface area contributed by atoms with Crippen LogP contribution >= 0.6 is 27.3 Å². The maximum Gasteiger partial charge on any atom is 0.343 e. The zero-order valence-electron chi connectivity index (χ0n) is 28.9. The molecule has 1 aliphatic rings. The summed E-state index contributed by atoms with van der Waals surface area (Å²) in [4.78, 5) is 55.6. The number of methoxy groups -OCH3 is 2. The van der Waals surface area contributed by atoms with Gasteiger partial charge >= 0.3 is 17.9 Å². The van der Waals surface area contributed by atoms with Crippen LogP contribution in [0.1, 0.15) is 53.9 Å². The van der Waals surface area contributed by atoms with Crippen molar-refractivity contribution in [3.8, 4) is 23.0 Å². The standard InChI is InChI=1S/C37H35BrN2O11S/c1-6-48-27-17-24(12-13-26(27)50-19-30(41)47-5)32-31(36(45)49-7-2)20(3)39-37-40(32)34(42)29(52-37)16-22-14-25(38)33(28(15-22)46-4)51-18-21-8-10-23(11-9-21)35(43)44/h8-17,32H,6-7,18-19H2,1-5H3,(H,43,44)/b29-16-/t32-/m1/s1. The highest BCUT2D eigenvalue weighted by molar-refractivity contribution is 9.10. The summed E-state index contributed by atoms with van der Waals surface area (Å²) in [5.41, 5.74) is 2.27. The number of aromatic carboxylic acids is 1. The lowest BCUT2D eigenvalue weighted by Crippen LogP contribution is -2.40. The molecule has 1 N–H and O–H groups in total. The van der Waals surface area contributed by atoms with Crippen LogP contribution in [0.5, 0.6) is 23.0 Å². The third kappa shape index (κ3) is 8.21. The minimum Gasteiger partial charge on any atom is -0.493 e. The van der Waals surface area contributed by atoms with E-state index in [0.29, 0.717) is 47.9 Å². The first kappa shape index (κ1) is 37.8. The van der Waals surface area contributed by atoms with Crippen molar-refractivity contribution in [3.05, 3.63) is 112 Å². The largest absolute Gasteiger partial charge is 0.493 e. The zero-order valence-corrected chi connectivity index (χ0v) is 31.3. The van der Waals surface area contributed by atoms with Gasteiger partial charge < -0.3 is 33.5 Å². The van der Waals surface area contributed by atoms with E-state index in [4.69, 9.17) is 28.8 Å². The van der Waals surface area contributed by atoms with Crippen molar-refractivity contribution in [2.75, 3.05) is 34.0 Å². The molecule has 1 aliphatic heterocycles. The van der Waals surface area contributed by atoms with Gasteiger partial charge in [0, 0.05) is 0 Å². The van der Waals surface area contributed by atoms with Crippen LogP contribution in [-0.2, 0) is 25.7 Å². The minimum atomic E-state index is -1.02. The molecule has 0 fully saturated rings. The quantitative estimate of drug-likeness (QED) is 0.175. The van der Waals surface area contributed by atoms with E-state index < -0.39 is 29.5 Å². The van der Waals surface area contributed by atoms with Gasteiger partial charge in [0.05, 0.1) is 59.3 Å². The van der Waals surface area contributed by atoms with Gasteiger partial charge in [-0.25, -0.2) is 19.4 Å². The van der Waals surface area contributed by atoms with Gasteiger partial charge in [0.1, 0.15) is 6.61 Å². The molecular formula is C37H35BrN2O11S. The summed E-state index contributed by atoms with van der Waals surface area (Å²) in [5, 5.41) is 9.17. The Labute approximate surface area is 310 Å². The third-order valence-corrected chi connectivity index (χ3v) is 9.38. The van der Waals surface area contributed by atoms with E-state index in [1.807, 2.05) is 0 Å². The average Bonchev–Trinajstić information content (AvgIpc) is 3.43. The smallest absolute Gasteiger partial charge is 0.343 e. The average molecular weight is 796 g/mol. The Morgan fingerprint density at radius 3 is 2.37 bits per heavy atom. The Morgan fingerprint density at radius 2 is 1.71 bits per heavy atom. The van der Waals surface area contributed by atoms with Crippen molar-refractivity contribution in [2.24, 2.45) is 4.99 Å². The van der Waals surface area contributed by atoms with Crippen molar-refractivity contribution < 1.29 is 47.9 Å². The number of carboxylic acid groups (broad SMARTS) is 1. The molecule has 4 aromatic rings. The van der Waals surface area contributed by atoms with Crippen molar-refractivity contribution in [1.29, 1.82) is 0 Å². The molecule has 272 valence electrons. The minimum absolute atomic E-state index is 0.116. The topological polar surface area (TPSA) is 161 Å². The molecule has 0 saturated heterocycles. The second-order valence-corrected chi connectivity index (χ2v) is 13.0. The van der Waals surface area contributed by atoms with Crippen LogP contribution < -0.4 is 33.8 Å². The number of hydrogen-bond donors (Lipinski definition) is 1. The van der Waals surface area contributed by atoms with E-state index in [9.17, 15) is 19.2 Å². The van der Waals surface area contributed by atoms with Crippen molar-refractivity contribution in [1.82, 2.24) is 4.57 Å². The summed E-state index contributed by atoms with van der Waals surface area (Å²) in [5.74, 6) is -0.801. The normalized spacial score (nSPS) is 13.9. The molecular weight excluding hydrogens is 760 g/mol. The molecule has 0 spiro atoms. The van der Waals surface area contributed by atoms with Crippen LogP contribution in [0.2, 0.25) is 0 Å². The number of esters is 2. The van der Waals surface area contributed by atoms with E-state index in [1.54, 1.807) is 69.3 Å². The van der Waals surface area contributed by atoms with Gasteiger partial charge in [0.2, 0.25) is 0 Å². The van der Waals surface area contributed by atoms with E-state index in [1.165, 1.54) is 30.9 Å². The monoisotopic (exact) mass is 794 g/mol.